The number of benzene rings is 2. The van der Waals surface area contributed by atoms with Gasteiger partial charge in [0.05, 0.1) is 25.6 Å². The van der Waals surface area contributed by atoms with Crippen molar-refractivity contribution in [2.24, 2.45) is 0 Å². The molecular weight excluding hydrogens is 348 g/mol. The maximum Gasteiger partial charge on any atom is 0.277 e. The summed E-state index contributed by atoms with van der Waals surface area (Å²) in [5.74, 6) is 1.26. The summed E-state index contributed by atoms with van der Waals surface area (Å²) in [6.45, 7) is 0.874. The number of amides is 1. The molecule has 1 N–H and O–H groups in total. The van der Waals surface area contributed by atoms with Crippen LogP contribution in [0.5, 0.6) is 11.5 Å². The second-order valence-electron chi connectivity index (χ2n) is 5.76. The van der Waals surface area contributed by atoms with Crippen molar-refractivity contribution in [2.75, 3.05) is 20.3 Å². The Morgan fingerprint density at radius 3 is 2.63 bits per heavy atom. The fourth-order valence-electron chi connectivity index (χ4n) is 2.50. The maximum absolute atomic E-state index is 12.3. The van der Waals surface area contributed by atoms with Crippen LogP contribution in [0.2, 0.25) is 0 Å². The summed E-state index contributed by atoms with van der Waals surface area (Å²) in [7, 11) is 1.60. The molecule has 0 fully saturated rings. The van der Waals surface area contributed by atoms with Crippen LogP contribution in [0.4, 0.5) is 0 Å². The molecule has 0 bridgehead atoms. The smallest absolute Gasteiger partial charge is 0.277 e. The average Bonchev–Trinajstić information content (AvgIpc) is 2.71. The molecule has 0 spiro atoms. The van der Waals surface area contributed by atoms with Gasteiger partial charge in [-0.2, -0.15) is 0 Å². The molecule has 0 aliphatic heterocycles. The minimum Gasteiger partial charge on any atom is -0.497 e. The molecule has 1 aromatic heterocycles. The molecule has 1 heterocycles. The molecule has 2 aromatic carbocycles. The Hall–Kier alpha value is -3.42. The fraction of sp³-hybridized carbons (Fsp3) is 0.263. The Morgan fingerprint density at radius 1 is 1.11 bits per heavy atom. The van der Waals surface area contributed by atoms with E-state index in [9.17, 15) is 9.59 Å². The van der Waals surface area contributed by atoms with Crippen LogP contribution in [-0.4, -0.2) is 41.2 Å². The highest BCUT2D eigenvalue weighted by Crippen LogP contribution is 2.16. The Kier molecular flexibility index (Phi) is 5.98. The first-order valence-corrected chi connectivity index (χ1v) is 8.53. The average molecular weight is 368 g/mol. The van der Waals surface area contributed by atoms with Gasteiger partial charge in [0.1, 0.15) is 23.6 Å². The zero-order valence-electron chi connectivity index (χ0n) is 14.9. The molecule has 0 saturated carbocycles. The highest BCUT2D eigenvalue weighted by Gasteiger charge is 2.07. The standard InChI is InChI=1S/C19H20N4O4/c1-26-14-6-8-15(9-7-14)27-13-11-20-18(24)10-12-23-19(25)16-4-2-3-5-17(16)21-22-23/h2-9H,10-13H2,1H3,(H,20,24). The summed E-state index contributed by atoms with van der Waals surface area (Å²) < 4.78 is 11.8. The molecule has 0 atom stereocenters. The van der Waals surface area contributed by atoms with Crippen molar-refractivity contribution in [1.82, 2.24) is 20.3 Å². The first-order valence-electron chi connectivity index (χ1n) is 8.53. The minimum absolute atomic E-state index is 0.134. The quantitative estimate of drug-likeness (QED) is 0.604. The molecule has 0 unspecified atom stereocenters. The van der Waals surface area contributed by atoms with Crippen LogP contribution in [0.25, 0.3) is 10.9 Å². The van der Waals surface area contributed by atoms with E-state index in [1.807, 2.05) is 0 Å². The number of ether oxygens (including phenoxy) is 2. The van der Waals surface area contributed by atoms with Gasteiger partial charge >= 0.3 is 0 Å². The van der Waals surface area contributed by atoms with Gasteiger partial charge in [0.15, 0.2) is 0 Å². The number of nitrogens with one attached hydrogen (secondary N) is 1. The van der Waals surface area contributed by atoms with Crippen LogP contribution in [0.1, 0.15) is 6.42 Å². The molecule has 1 amide bonds. The summed E-state index contributed by atoms with van der Waals surface area (Å²) in [5.41, 5.74) is 0.287. The largest absolute Gasteiger partial charge is 0.497 e. The first-order chi connectivity index (χ1) is 13.2. The molecule has 8 heteroatoms. The van der Waals surface area contributed by atoms with Crippen LogP contribution in [0.15, 0.2) is 53.3 Å². The third-order valence-corrected chi connectivity index (χ3v) is 3.93. The van der Waals surface area contributed by atoms with Gasteiger partial charge in [-0.3, -0.25) is 9.59 Å². The van der Waals surface area contributed by atoms with E-state index in [0.717, 1.165) is 5.75 Å². The maximum atomic E-state index is 12.3. The predicted molar refractivity (Wildman–Crippen MR) is 99.9 cm³/mol. The highest BCUT2D eigenvalue weighted by atomic mass is 16.5. The molecule has 27 heavy (non-hydrogen) atoms. The van der Waals surface area contributed by atoms with Gasteiger partial charge in [-0.1, -0.05) is 17.3 Å². The van der Waals surface area contributed by atoms with Crippen molar-refractivity contribution in [3.05, 3.63) is 58.9 Å². The number of hydrogen-bond donors (Lipinski definition) is 1. The number of rotatable bonds is 8. The van der Waals surface area contributed by atoms with Crippen molar-refractivity contribution in [2.45, 2.75) is 13.0 Å². The molecule has 3 rings (SSSR count). The van der Waals surface area contributed by atoms with E-state index < -0.39 is 0 Å². The molecule has 8 nitrogen and oxygen atoms in total. The Bertz CT molecular complexity index is 969. The molecular formula is C19H20N4O4. The zero-order chi connectivity index (χ0) is 19.1. The molecule has 0 radical (unpaired) electrons. The van der Waals surface area contributed by atoms with Gasteiger partial charge in [0.2, 0.25) is 5.91 Å². The SMILES string of the molecule is COc1ccc(OCCNC(=O)CCn2nnc3ccccc3c2=O)cc1. The Morgan fingerprint density at radius 2 is 1.85 bits per heavy atom. The number of fused-ring (bicyclic) bond motifs is 1. The van der Waals surface area contributed by atoms with E-state index in [0.29, 0.717) is 29.8 Å². The number of aromatic nitrogens is 3. The van der Waals surface area contributed by atoms with Crippen LogP contribution in [0.3, 0.4) is 0 Å². The summed E-state index contributed by atoms with van der Waals surface area (Å²) >= 11 is 0. The van der Waals surface area contributed by atoms with Crippen LogP contribution >= 0.6 is 0 Å². The lowest BCUT2D eigenvalue weighted by atomic mass is 10.2. The lowest BCUT2D eigenvalue weighted by Gasteiger charge is -2.09. The number of methoxy groups -OCH3 is 1. The number of carbonyl (C=O) groups excluding carboxylic acids is 1. The van der Waals surface area contributed by atoms with Gasteiger partial charge in [-0.15, -0.1) is 5.10 Å². The van der Waals surface area contributed by atoms with E-state index in [4.69, 9.17) is 9.47 Å². The zero-order valence-corrected chi connectivity index (χ0v) is 14.9. The van der Waals surface area contributed by atoms with Crippen molar-refractivity contribution < 1.29 is 14.3 Å². The monoisotopic (exact) mass is 368 g/mol. The van der Waals surface area contributed by atoms with Crippen molar-refractivity contribution in [1.29, 1.82) is 0 Å². The molecule has 0 aliphatic carbocycles. The third kappa shape index (κ3) is 4.81. The number of hydrogen-bond acceptors (Lipinski definition) is 6. The van der Waals surface area contributed by atoms with E-state index in [-0.39, 0.29) is 24.4 Å². The molecule has 0 saturated heterocycles. The fourth-order valence-corrected chi connectivity index (χ4v) is 2.50. The van der Waals surface area contributed by atoms with Gasteiger partial charge < -0.3 is 14.8 Å². The second kappa shape index (κ2) is 8.79. The van der Waals surface area contributed by atoms with Crippen molar-refractivity contribution in [3.63, 3.8) is 0 Å². The van der Waals surface area contributed by atoms with Gasteiger partial charge in [0, 0.05) is 6.42 Å². The van der Waals surface area contributed by atoms with Crippen LogP contribution in [0, 0.1) is 0 Å². The second-order valence-corrected chi connectivity index (χ2v) is 5.76. The van der Waals surface area contributed by atoms with Crippen molar-refractivity contribution in [3.8, 4) is 11.5 Å². The summed E-state index contributed by atoms with van der Waals surface area (Å²) in [4.78, 5) is 24.2. The summed E-state index contributed by atoms with van der Waals surface area (Å²) in [6, 6.07) is 14.2. The topological polar surface area (TPSA) is 95.3 Å². The predicted octanol–water partition coefficient (Wildman–Crippen LogP) is 1.39. The molecule has 0 aliphatic rings. The Balaban J connectivity index is 1.43. The third-order valence-electron chi connectivity index (χ3n) is 3.93. The lowest BCUT2D eigenvalue weighted by Crippen LogP contribution is -2.31. The summed E-state index contributed by atoms with van der Waals surface area (Å²) in [6.07, 6.45) is 0.134. The summed E-state index contributed by atoms with van der Waals surface area (Å²) in [5, 5.41) is 11.1. The van der Waals surface area contributed by atoms with E-state index in [2.05, 4.69) is 15.6 Å². The highest BCUT2D eigenvalue weighted by molar-refractivity contribution is 5.77. The van der Waals surface area contributed by atoms with E-state index in [1.165, 1.54) is 4.68 Å². The van der Waals surface area contributed by atoms with Crippen LogP contribution in [-0.2, 0) is 11.3 Å². The van der Waals surface area contributed by atoms with E-state index >= 15 is 0 Å². The van der Waals surface area contributed by atoms with Crippen LogP contribution < -0.4 is 20.3 Å². The molecule has 3 aromatic rings. The van der Waals surface area contributed by atoms with Gasteiger partial charge in [-0.05, 0) is 36.4 Å². The van der Waals surface area contributed by atoms with Gasteiger partial charge in [0.25, 0.3) is 5.56 Å². The minimum atomic E-state index is -0.253. The normalized spacial score (nSPS) is 10.6. The number of aryl methyl sites for hydroxylation is 1. The van der Waals surface area contributed by atoms with Gasteiger partial charge in [-0.25, -0.2) is 4.68 Å². The lowest BCUT2D eigenvalue weighted by molar-refractivity contribution is -0.121. The van der Waals surface area contributed by atoms with E-state index in [1.54, 1.807) is 55.6 Å². The molecule has 140 valence electrons. The van der Waals surface area contributed by atoms with Crippen molar-refractivity contribution >= 4 is 16.8 Å². The first kappa shape index (κ1) is 18.4. The number of carbonyl (C=O) groups is 1. The number of nitrogens with zero attached hydrogens (tertiary/aromatic N) is 3. The Labute approximate surface area is 155 Å².